The molecule has 7 nitrogen and oxygen atoms in total. The highest BCUT2D eigenvalue weighted by atomic mass is 35.5. The molecular weight excluding hydrogens is 338 g/mol. The van der Waals surface area contributed by atoms with Gasteiger partial charge in [0.05, 0.1) is 6.20 Å². The number of nitrogens with one attached hydrogen (secondary N) is 1. The predicted octanol–water partition coefficient (Wildman–Crippen LogP) is 2.46. The lowest BCUT2D eigenvalue weighted by Crippen LogP contribution is -2.16. The van der Waals surface area contributed by atoms with Gasteiger partial charge in [-0.25, -0.2) is 13.4 Å². The van der Waals surface area contributed by atoms with E-state index in [0.29, 0.717) is 11.6 Å². The Morgan fingerprint density at radius 1 is 1.30 bits per heavy atom. The van der Waals surface area contributed by atoms with Crippen molar-refractivity contribution < 1.29 is 8.42 Å². The number of hydrogen-bond donors (Lipinski definition) is 1. The van der Waals surface area contributed by atoms with Gasteiger partial charge < -0.3 is 0 Å². The first-order valence-electron chi connectivity index (χ1n) is 7.01. The van der Waals surface area contributed by atoms with E-state index in [0.717, 1.165) is 18.4 Å². The molecule has 0 amide bonds. The van der Waals surface area contributed by atoms with Gasteiger partial charge in [-0.3, -0.25) is 9.71 Å². The van der Waals surface area contributed by atoms with Crippen LogP contribution in [0, 0.1) is 0 Å². The number of fused-ring (bicyclic) bond motifs is 1. The molecule has 0 atom stereocenters. The third kappa shape index (κ3) is 2.64. The van der Waals surface area contributed by atoms with E-state index in [-0.39, 0.29) is 15.9 Å². The Labute approximate surface area is 137 Å². The molecule has 9 heteroatoms. The summed E-state index contributed by atoms with van der Waals surface area (Å²) in [6.45, 7) is 0. The standard InChI is InChI=1S/C14H12ClN5O2S/c15-12-6-13(19-23(21,22)10-2-1-5-16-7-10)20-14(18-12)11(8-17-20)9-3-4-9/h1-2,5-9,19H,3-4H2. The van der Waals surface area contributed by atoms with Crippen LogP contribution in [0.3, 0.4) is 0 Å². The second kappa shape index (κ2) is 5.17. The monoisotopic (exact) mass is 349 g/mol. The van der Waals surface area contributed by atoms with E-state index in [2.05, 4.69) is 19.8 Å². The van der Waals surface area contributed by atoms with Crippen LogP contribution in [0.4, 0.5) is 5.82 Å². The van der Waals surface area contributed by atoms with Crippen molar-refractivity contribution in [3.8, 4) is 0 Å². The van der Waals surface area contributed by atoms with E-state index < -0.39 is 10.0 Å². The molecule has 0 unspecified atom stereocenters. The van der Waals surface area contributed by atoms with E-state index in [1.807, 2.05) is 0 Å². The van der Waals surface area contributed by atoms with Crippen molar-refractivity contribution >= 4 is 33.1 Å². The number of hydrogen-bond acceptors (Lipinski definition) is 5. The van der Waals surface area contributed by atoms with Crippen LogP contribution < -0.4 is 4.72 Å². The molecule has 3 aromatic rings. The second-order valence-electron chi connectivity index (χ2n) is 5.37. The summed E-state index contributed by atoms with van der Waals surface area (Å²) in [6.07, 6.45) is 6.69. The Morgan fingerprint density at radius 2 is 2.13 bits per heavy atom. The third-order valence-corrected chi connectivity index (χ3v) is 5.20. The van der Waals surface area contributed by atoms with Crippen LogP contribution in [0.1, 0.15) is 24.3 Å². The zero-order valence-electron chi connectivity index (χ0n) is 11.8. The van der Waals surface area contributed by atoms with Crippen LogP contribution in [0.15, 0.2) is 41.7 Å². The second-order valence-corrected chi connectivity index (χ2v) is 7.44. The Kier molecular flexibility index (Phi) is 3.24. The molecule has 23 heavy (non-hydrogen) atoms. The van der Waals surface area contributed by atoms with Crippen LogP contribution in [0.2, 0.25) is 5.15 Å². The number of halogens is 1. The van der Waals surface area contributed by atoms with E-state index in [4.69, 9.17) is 11.6 Å². The first kappa shape index (κ1) is 14.4. The fourth-order valence-electron chi connectivity index (χ4n) is 2.41. The summed E-state index contributed by atoms with van der Waals surface area (Å²) in [4.78, 5) is 8.17. The Morgan fingerprint density at radius 3 is 2.83 bits per heavy atom. The van der Waals surface area contributed by atoms with Crippen molar-refractivity contribution in [2.24, 2.45) is 0 Å². The molecule has 0 bridgehead atoms. The summed E-state index contributed by atoms with van der Waals surface area (Å²) >= 11 is 6.05. The SMILES string of the molecule is O=S(=O)(Nc1cc(Cl)nc2c(C3CC3)cnn12)c1cccnc1. The minimum Gasteiger partial charge on any atom is -0.263 e. The minimum absolute atomic E-state index is 0.0654. The van der Waals surface area contributed by atoms with Gasteiger partial charge in [0.25, 0.3) is 10.0 Å². The van der Waals surface area contributed by atoms with Crippen molar-refractivity contribution in [2.75, 3.05) is 4.72 Å². The maximum Gasteiger partial charge on any atom is 0.264 e. The number of sulfonamides is 1. The highest BCUT2D eigenvalue weighted by Crippen LogP contribution is 2.42. The summed E-state index contributed by atoms with van der Waals surface area (Å²) in [6, 6.07) is 4.46. The first-order chi connectivity index (χ1) is 11.0. The van der Waals surface area contributed by atoms with E-state index in [1.54, 1.807) is 12.3 Å². The van der Waals surface area contributed by atoms with Crippen molar-refractivity contribution in [2.45, 2.75) is 23.7 Å². The van der Waals surface area contributed by atoms with E-state index >= 15 is 0 Å². The Bertz CT molecular complexity index is 983. The number of anilines is 1. The van der Waals surface area contributed by atoms with Gasteiger partial charge in [-0.1, -0.05) is 11.6 Å². The average Bonchev–Trinajstić information content (AvgIpc) is 3.28. The first-order valence-corrected chi connectivity index (χ1v) is 8.88. The number of aromatic nitrogens is 4. The number of pyridine rings is 1. The van der Waals surface area contributed by atoms with Crippen molar-refractivity contribution in [3.05, 3.63) is 47.5 Å². The van der Waals surface area contributed by atoms with Crippen LogP contribution in [0.25, 0.3) is 5.65 Å². The zero-order valence-corrected chi connectivity index (χ0v) is 13.4. The van der Waals surface area contributed by atoms with Gasteiger partial charge in [0.1, 0.15) is 15.9 Å². The largest absolute Gasteiger partial charge is 0.264 e. The summed E-state index contributed by atoms with van der Waals surface area (Å²) in [5.74, 6) is 0.678. The van der Waals surface area contributed by atoms with Gasteiger partial charge in [0.2, 0.25) is 0 Å². The summed E-state index contributed by atoms with van der Waals surface area (Å²) in [5.41, 5.74) is 1.58. The van der Waals surface area contributed by atoms with Gasteiger partial charge in [-0.2, -0.15) is 9.61 Å². The smallest absolute Gasteiger partial charge is 0.263 e. The highest BCUT2D eigenvalue weighted by Gasteiger charge is 2.28. The molecular formula is C14H12ClN5O2S. The van der Waals surface area contributed by atoms with Crippen molar-refractivity contribution in [3.63, 3.8) is 0 Å². The van der Waals surface area contributed by atoms with Crippen LogP contribution in [0.5, 0.6) is 0 Å². The lowest BCUT2D eigenvalue weighted by atomic mass is 10.2. The summed E-state index contributed by atoms with van der Waals surface area (Å²) < 4.78 is 28.9. The molecule has 0 spiro atoms. The summed E-state index contributed by atoms with van der Waals surface area (Å²) in [5, 5.41) is 4.46. The minimum atomic E-state index is -3.78. The van der Waals surface area contributed by atoms with Gasteiger partial charge in [-0.05, 0) is 30.9 Å². The van der Waals surface area contributed by atoms with Crippen molar-refractivity contribution in [1.82, 2.24) is 19.6 Å². The molecule has 1 aliphatic rings. The molecule has 0 saturated heterocycles. The molecule has 1 saturated carbocycles. The van der Waals surface area contributed by atoms with Crippen LogP contribution >= 0.6 is 11.6 Å². The normalized spacial score (nSPS) is 15.0. The zero-order chi connectivity index (χ0) is 16.0. The fraction of sp³-hybridized carbons (Fsp3) is 0.214. The van der Waals surface area contributed by atoms with Gasteiger partial charge in [-0.15, -0.1) is 0 Å². The lowest BCUT2D eigenvalue weighted by molar-refractivity contribution is 0.600. The van der Waals surface area contributed by atoms with E-state index in [9.17, 15) is 8.42 Å². The molecule has 118 valence electrons. The van der Waals surface area contributed by atoms with Crippen LogP contribution in [-0.2, 0) is 10.0 Å². The van der Waals surface area contributed by atoms with Gasteiger partial charge in [0, 0.05) is 24.0 Å². The quantitative estimate of drug-likeness (QED) is 0.731. The molecule has 4 rings (SSSR count). The molecule has 3 heterocycles. The maximum absolute atomic E-state index is 12.5. The molecule has 1 N–H and O–H groups in total. The molecule has 3 aromatic heterocycles. The lowest BCUT2D eigenvalue weighted by Gasteiger charge is -2.09. The molecule has 1 aliphatic carbocycles. The third-order valence-electron chi connectivity index (χ3n) is 3.67. The maximum atomic E-state index is 12.5. The fourth-order valence-corrected chi connectivity index (χ4v) is 3.59. The average molecular weight is 350 g/mol. The van der Waals surface area contributed by atoms with E-state index in [1.165, 1.54) is 29.0 Å². The molecule has 0 radical (unpaired) electrons. The number of nitrogens with zero attached hydrogens (tertiary/aromatic N) is 4. The Balaban J connectivity index is 1.80. The van der Waals surface area contributed by atoms with Gasteiger partial charge >= 0.3 is 0 Å². The Hall–Kier alpha value is -2.19. The van der Waals surface area contributed by atoms with Crippen molar-refractivity contribution in [1.29, 1.82) is 0 Å². The molecule has 1 fully saturated rings. The molecule has 0 aliphatic heterocycles. The topological polar surface area (TPSA) is 89.2 Å². The summed E-state index contributed by atoms with van der Waals surface area (Å²) in [7, 11) is -3.78. The highest BCUT2D eigenvalue weighted by molar-refractivity contribution is 7.92. The van der Waals surface area contributed by atoms with Gasteiger partial charge in [0.15, 0.2) is 5.65 Å². The predicted molar refractivity (Wildman–Crippen MR) is 85.0 cm³/mol. The number of rotatable bonds is 4. The van der Waals surface area contributed by atoms with Crippen LogP contribution in [-0.4, -0.2) is 28.0 Å². The molecule has 0 aromatic carbocycles.